The lowest BCUT2D eigenvalue weighted by Gasteiger charge is -2.07. The molecule has 3 aromatic rings. The fourth-order valence-corrected chi connectivity index (χ4v) is 2.46. The lowest BCUT2D eigenvalue weighted by Crippen LogP contribution is -2.32. The molecule has 3 rings (SSSR count). The van der Waals surface area contributed by atoms with Crippen LogP contribution in [0.3, 0.4) is 0 Å². The third-order valence-electron chi connectivity index (χ3n) is 3.71. The first-order valence-electron chi connectivity index (χ1n) is 7.46. The fourth-order valence-electron chi connectivity index (χ4n) is 2.46. The quantitative estimate of drug-likeness (QED) is 0.801. The molecule has 0 saturated carbocycles. The maximum Gasteiger partial charge on any atom is 0.270 e. The van der Waals surface area contributed by atoms with E-state index in [9.17, 15) is 9.59 Å². The number of aryl methyl sites for hydroxylation is 1. The Hall–Kier alpha value is -2.95. The van der Waals surface area contributed by atoms with Crippen LogP contribution >= 0.6 is 0 Å². The molecule has 1 aromatic carbocycles. The predicted octanol–water partition coefficient (Wildman–Crippen LogP) is 1.98. The highest BCUT2D eigenvalue weighted by molar-refractivity contribution is 5.93. The molecule has 0 spiro atoms. The van der Waals surface area contributed by atoms with Gasteiger partial charge in [-0.2, -0.15) is 0 Å². The number of rotatable bonds is 4. The smallest absolute Gasteiger partial charge is 0.270 e. The van der Waals surface area contributed by atoms with Gasteiger partial charge in [-0.15, -0.1) is 0 Å². The summed E-state index contributed by atoms with van der Waals surface area (Å²) in [4.78, 5) is 28.9. The SMILES string of the molecule is Cc1cccn2c(=O)c(C(=O)NCCc3ccccc3)cnc12. The van der Waals surface area contributed by atoms with Crippen LogP contribution in [0.25, 0.3) is 5.65 Å². The zero-order valence-corrected chi connectivity index (χ0v) is 12.8. The van der Waals surface area contributed by atoms with Crippen molar-refractivity contribution >= 4 is 11.6 Å². The van der Waals surface area contributed by atoms with Gasteiger partial charge in [0.1, 0.15) is 11.2 Å². The third-order valence-corrected chi connectivity index (χ3v) is 3.71. The molecule has 0 bridgehead atoms. The topological polar surface area (TPSA) is 63.5 Å². The van der Waals surface area contributed by atoms with Crippen LogP contribution in [0.15, 0.2) is 59.7 Å². The van der Waals surface area contributed by atoms with Gasteiger partial charge in [0.15, 0.2) is 0 Å². The first-order valence-corrected chi connectivity index (χ1v) is 7.46. The van der Waals surface area contributed by atoms with Gasteiger partial charge in [-0.1, -0.05) is 36.4 Å². The number of fused-ring (bicyclic) bond motifs is 1. The van der Waals surface area contributed by atoms with E-state index in [1.54, 1.807) is 12.3 Å². The molecule has 0 aliphatic heterocycles. The molecule has 5 nitrogen and oxygen atoms in total. The summed E-state index contributed by atoms with van der Waals surface area (Å²) in [6, 6.07) is 13.5. The van der Waals surface area contributed by atoms with Gasteiger partial charge < -0.3 is 5.32 Å². The largest absolute Gasteiger partial charge is 0.351 e. The summed E-state index contributed by atoms with van der Waals surface area (Å²) in [5.41, 5.74) is 2.30. The number of nitrogens with zero attached hydrogens (tertiary/aromatic N) is 2. The minimum atomic E-state index is -0.394. The van der Waals surface area contributed by atoms with Gasteiger partial charge in [-0.3, -0.25) is 14.0 Å². The standard InChI is InChI=1S/C18H17N3O2/c1-13-6-5-11-21-16(13)20-12-15(18(21)23)17(22)19-10-9-14-7-3-2-4-8-14/h2-8,11-12H,9-10H2,1H3,(H,19,22). The molecule has 0 radical (unpaired) electrons. The van der Waals surface area contributed by atoms with Crippen molar-refractivity contribution in [2.45, 2.75) is 13.3 Å². The Bertz CT molecular complexity index is 901. The molecular formula is C18H17N3O2. The van der Waals surface area contributed by atoms with Gasteiger partial charge in [-0.25, -0.2) is 4.98 Å². The van der Waals surface area contributed by atoms with Crippen LogP contribution in [-0.2, 0) is 6.42 Å². The zero-order chi connectivity index (χ0) is 16.2. The number of carbonyl (C=O) groups is 1. The summed E-state index contributed by atoms with van der Waals surface area (Å²) < 4.78 is 1.40. The molecule has 5 heteroatoms. The second-order valence-electron chi connectivity index (χ2n) is 5.35. The highest BCUT2D eigenvalue weighted by Crippen LogP contribution is 2.05. The van der Waals surface area contributed by atoms with Crippen LogP contribution in [-0.4, -0.2) is 21.8 Å². The van der Waals surface area contributed by atoms with Crippen molar-refractivity contribution in [2.24, 2.45) is 0 Å². The number of aromatic nitrogens is 2. The van der Waals surface area contributed by atoms with Gasteiger partial charge in [0.2, 0.25) is 0 Å². The number of benzene rings is 1. The Balaban J connectivity index is 1.76. The molecule has 0 saturated heterocycles. The van der Waals surface area contributed by atoms with Crippen LogP contribution in [0.4, 0.5) is 0 Å². The van der Waals surface area contributed by atoms with Crippen LogP contribution in [0.5, 0.6) is 0 Å². The molecule has 116 valence electrons. The lowest BCUT2D eigenvalue weighted by molar-refractivity contribution is 0.0952. The second-order valence-corrected chi connectivity index (χ2v) is 5.35. The lowest BCUT2D eigenvalue weighted by atomic mass is 10.1. The average molecular weight is 307 g/mol. The molecule has 2 heterocycles. The van der Waals surface area contributed by atoms with Crippen molar-refractivity contribution in [3.63, 3.8) is 0 Å². The molecule has 0 fully saturated rings. The number of pyridine rings is 1. The van der Waals surface area contributed by atoms with Crippen LogP contribution in [0, 0.1) is 6.92 Å². The summed E-state index contributed by atoms with van der Waals surface area (Å²) in [6.45, 7) is 2.35. The number of nitrogens with one attached hydrogen (secondary N) is 1. The van der Waals surface area contributed by atoms with E-state index in [0.717, 1.165) is 11.1 Å². The Kier molecular flexibility index (Phi) is 4.19. The van der Waals surface area contributed by atoms with Gasteiger partial charge >= 0.3 is 0 Å². The monoisotopic (exact) mass is 307 g/mol. The first kappa shape index (κ1) is 15.0. The maximum absolute atomic E-state index is 12.4. The number of hydrogen-bond acceptors (Lipinski definition) is 3. The van der Waals surface area contributed by atoms with Gasteiger partial charge in [0.05, 0.1) is 0 Å². The number of amides is 1. The van der Waals surface area contributed by atoms with Crippen LogP contribution < -0.4 is 10.9 Å². The molecule has 1 N–H and O–H groups in total. The van der Waals surface area contributed by atoms with Crippen LogP contribution in [0.2, 0.25) is 0 Å². The summed E-state index contributed by atoms with van der Waals surface area (Å²) in [5.74, 6) is -0.394. The predicted molar refractivity (Wildman–Crippen MR) is 88.7 cm³/mol. The molecule has 0 atom stereocenters. The van der Waals surface area contributed by atoms with E-state index in [-0.39, 0.29) is 11.1 Å². The van der Waals surface area contributed by atoms with E-state index in [2.05, 4.69) is 10.3 Å². The number of carbonyl (C=O) groups excluding carboxylic acids is 1. The van der Waals surface area contributed by atoms with E-state index in [1.807, 2.05) is 43.3 Å². The van der Waals surface area contributed by atoms with Gasteiger partial charge in [-0.05, 0) is 30.5 Å². The van der Waals surface area contributed by atoms with Crippen molar-refractivity contribution in [1.29, 1.82) is 0 Å². The second kappa shape index (κ2) is 6.44. The number of hydrogen-bond donors (Lipinski definition) is 1. The molecule has 1 amide bonds. The van der Waals surface area contributed by atoms with Crippen molar-refractivity contribution in [1.82, 2.24) is 14.7 Å². The summed E-state index contributed by atoms with van der Waals surface area (Å²) in [7, 11) is 0. The van der Waals surface area contributed by atoms with E-state index in [0.29, 0.717) is 18.6 Å². The highest BCUT2D eigenvalue weighted by Gasteiger charge is 2.13. The molecular weight excluding hydrogens is 290 g/mol. The fraction of sp³-hybridized carbons (Fsp3) is 0.167. The Labute approximate surface area is 133 Å². The van der Waals surface area contributed by atoms with Crippen LogP contribution in [0.1, 0.15) is 21.5 Å². The van der Waals surface area contributed by atoms with Gasteiger partial charge in [0, 0.05) is 18.9 Å². The minimum absolute atomic E-state index is 0.0566. The maximum atomic E-state index is 12.4. The molecule has 0 aliphatic carbocycles. The minimum Gasteiger partial charge on any atom is -0.351 e. The summed E-state index contributed by atoms with van der Waals surface area (Å²) in [6.07, 6.45) is 3.69. The van der Waals surface area contributed by atoms with E-state index in [4.69, 9.17) is 0 Å². The molecule has 0 unspecified atom stereocenters. The molecule has 0 aliphatic rings. The molecule has 2 aromatic heterocycles. The summed E-state index contributed by atoms with van der Waals surface area (Å²) >= 11 is 0. The van der Waals surface area contributed by atoms with Crippen molar-refractivity contribution < 1.29 is 4.79 Å². The average Bonchev–Trinajstić information content (AvgIpc) is 2.57. The molecule has 23 heavy (non-hydrogen) atoms. The Morgan fingerprint density at radius 1 is 1.17 bits per heavy atom. The first-order chi connectivity index (χ1) is 11.2. The van der Waals surface area contributed by atoms with Crippen molar-refractivity contribution in [3.8, 4) is 0 Å². The Morgan fingerprint density at radius 2 is 1.96 bits per heavy atom. The van der Waals surface area contributed by atoms with Crippen molar-refractivity contribution in [3.05, 3.63) is 81.9 Å². The summed E-state index contributed by atoms with van der Waals surface area (Å²) in [5, 5.41) is 2.78. The van der Waals surface area contributed by atoms with E-state index in [1.165, 1.54) is 10.6 Å². The van der Waals surface area contributed by atoms with E-state index < -0.39 is 5.91 Å². The normalized spacial score (nSPS) is 10.7. The zero-order valence-electron chi connectivity index (χ0n) is 12.8. The highest BCUT2D eigenvalue weighted by atomic mass is 16.2. The van der Waals surface area contributed by atoms with Gasteiger partial charge in [0.25, 0.3) is 11.5 Å². The third kappa shape index (κ3) is 3.13. The van der Waals surface area contributed by atoms with E-state index >= 15 is 0 Å². The Morgan fingerprint density at radius 3 is 2.74 bits per heavy atom. The van der Waals surface area contributed by atoms with Crippen molar-refractivity contribution in [2.75, 3.05) is 6.54 Å².